The molecule has 3 nitrogen and oxygen atoms in total. The van der Waals surface area contributed by atoms with Crippen LogP contribution in [0.15, 0.2) is 24.3 Å². The van der Waals surface area contributed by atoms with E-state index < -0.39 is 0 Å². The molecule has 0 bridgehead atoms. The van der Waals surface area contributed by atoms with Crippen LogP contribution >= 0.6 is 11.6 Å². The van der Waals surface area contributed by atoms with Crippen LogP contribution < -0.4 is 5.32 Å². The quantitative estimate of drug-likeness (QED) is 0.915. The highest BCUT2D eigenvalue weighted by atomic mass is 35.5. The van der Waals surface area contributed by atoms with Gasteiger partial charge in [0.15, 0.2) is 5.82 Å². The van der Waals surface area contributed by atoms with Gasteiger partial charge < -0.3 is 5.32 Å². The molecule has 21 heavy (non-hydrogen) atoms. The van der Waals surface area contributed by atoms with Crippen LogP contribution in [-0.4, -0.2) is 22.6 Å². The molecule has 0 amide bonds. The molecule has 1 aliphatic carbocycles. The zero-order valence-corrected chi connectivity index (χ0v) is 13.2. The summed E-state index contributed by atoms with van der Waals surface area (Å²) in [6, 6.07) is 8.42. The normalized spacial score (nSPS) is 14.4. The highest BCUT2D eigenvalue weighted by Gasteiger charge is 2.20. The van der Waals surface area contributed by atoms with Crippen LogP contribution in [0.5, 0.6) is 0 Å². The van der Waals surface area contributed by atoms with E-state index in [0.717, 1.165) is 46.8 Å². The van der Waals surface area contributed by atoms with E-state index in [9.17, 15) is 0 Å². The van der Waals surface area contributed by atoms with Crippen molar-refractivity contribution in [2.45, 2.75) is 39.2 Å². The molecule has 0 radical (unpaired) electrons. The Kier molecular flexibility index (Phi) is 4.22. The molecule has 1 N–H and O–H groups in total. The number of rotatable bonds is 5. The monoisotopic (exact) mass is 301 g/mol. The van der Waals surface area contributed by atoms with Gasteiger partial charge in [0.2, 0.25) is 0 Å². The Morgan fingerprint density at radius 3 is 2.29 bits per heavy atom. The Balaban J connectivity index is 1.79. The molecule has 1 aliphatic rings. The molecular weight excluding hydrogens is 282 g/mol. The molecule has 1 saturated carbocycles. The van der Waals surface area contributed by atoms with E-state index in [0.29, 0.717) is 0 Å². The lowest BCUT2D eigenvalue weighted by Gasteiger charge is -2.11. The van der Waals surface area contributed by atoms with Gasteiger partial charge >= 0.3 is 0 Å². The SMILES string of the molecule is Cc1nc(-c2ccc(Cl)cc2)nc(C)c1CCNC1CC1. The average molecular weight is 302 g/mol. The van der Waals surface area contributed by atoms with Gasteiger partial charge in [0.25, 0.3) is 0 Å². The first-order chi connectivity index (χ1) is 10.1. The van der Waals surface area contributed by atoms with Gasteiger partial charge in [-0.3, -0.25) is 0 Å². The van der Waals surface area contributed by atoms with Gasteiger partial charge in [0, 0.05) is 28.0 Å². The van der Waals surface area contributed by atoms with Crippen LogP contribution in [0.4, 0.5) is 0 Å². The molecule has 0 saturated heterocycles. The lowest BCUT2D eigenvalue weighted by molar-refractivity contribution is 0.675. The van der Waals surface area contributed by atoms with E-state index in [1.54, 1.807) is 0 Å². The molecule has 110 valence electrons. The lowest BCUT2D eigenvalue weighted by atomic mass is 10.1. The molecule has 0 atom stereocenters. The van der Waals surface area contributed by atoms with E-state index in [4.69, 9.17) is 11.6 Å². The minimum Gasteiger partial charge on any atom is -0.314 e. The van der Waals surface area contributed by atoms with Crippen molar-refractivity contribution in [3.63, 3.8) is 0 Å². The number of hydrogen-bond acceptors (Lipinski definition) is 3. The zero-order valence-electron chi connectivity index (χ0n) is 12.5. The fourth-order valence-electron chi connectivity index (χ4n) is 2.52. The molecule has 1 aromatic carbocycles. The number of hydrogen-bond donors (Lipinski definition) is 1. The Morgan fingerprint density at radius 2 is 1.71 bits per heavy atom. The Morgan fingerprint density at radius 1 is 1.10 bits per heavy atom. The largest absolute Gasteiger partial charge is 0.314 e. The van der Waals surface area contributed by atoms with Crippen LogP contribution in [-0.2, 0) is 6.42 Å². The van der Waals surface area contributed by atoms with Crippen molar-refractivity contribution < 1.29 is 0 Å². The van der Waals surface area contributed by atoms with E-state index in [2.05, 4.69) is 29.1 Å². The van der Waals surface area contributed by atoms with Gasteiger partial charge in [-0.1, -0.05) is 11.6 Å². The van der Waals surface area contributed by atoms with Gasteiger partial charge in [-0.2, -0.15) is 0 Å². The summed E-state index contributed by atoms with van der Waals surface area (Å²) in [5, 5.41) is 4.27. The van der Waals surface area contributed by atoms with E-state index in [1.807, 2.05) is 24.3 Å². The number of aromatic nitrogens is 2. The summed E-state index contributed by atoms with van der Waals surface area (Å²) in [6.07, 6.45) is 3.64. The predicted octanol–water partition coefficient (Wildman–Crippen LogP) is 3.71. The number of aryl methyl sites for hydroxylation is 2. The highest BCUT2D eigenvalue weighted by molar-refractivity contribution is 6.30. The van der Waals surface area contributed by atoms with E-state index >= 15 is 0 Å². The number of nitrogens with one attached hydrogen (secondary N) is 1. The minimum atomic E-state index is 0.731. The van der Waals surface area contributed by atoms with Gasteiger partial charge in [-0.05, 0) is 69.5 Å². The van der Waals surface area contributed by atoms with Gasteiger partial charge in [-0.15, -0.1) is 0 Å². The van der Waals surface area contributed by atoms with Crippen molar-refractivity contribution in [2.24, 2.45) is 0 Å². The first-order valence-electron chi connectivity index (χ1n) is 7.47. The topological polar surface area (TPSA) is 37.8 Å². The van der Waals surface area contributed by atoms with Crippen LogP contribution in [0, 0.1) is 13.8 Å². The average Bonchev–Trinajstić information content (AvgIpc) is 3.26. The van der Waals surface area contributed by atoms with Crippen molar-refractivity contribution in [3.05, 3.63) is 46.2 Å². The van der Waals surface area contributed by atoms with Crippen molar-refractivity contribution in [1.29, 1.82) is 0 Å². The second-order valence-electron chi connectivity index (χ2n) is 5.68. The van der Waals surface area contributed by atoms with Gasteiger partial charge in [0.05, 0.1) is 0 Å². The van der Waals surface area contributed by atoms with Crippen molar-refractivity contribution in [2.75, 3.05) is 6.54 Å². The molecule has 3 rings (SSSR count). The third-order valence-electron chi connectivity index (χ3n) is 3.91. The first-order valence-corrected chi connectivity index (χ1v) is 7.85. The lowest BCUT2D eigenvalue weighted by Crippen LogP contribution is -2.20. The molecule has 0 unspecified atom stereocenters. The Bertz CT molecular complexity index is 610. The summed E-state index contributed by atoms with van der Waals surface area (Å²) < 4.78 is 0. The second kappa shape index (κ2) is 6.12. The summed E-state index contributed by atoms with van der Waals surface area (Å²) in [5.74, 6) is 0.778. The van der Waals surface area contributed by atoms with Crippen molar-refractivity contribution >= 4 is 11.6 Å². The molecule has 1 fully saturated rings. The molecule has 0 spiro atoms. The maximum atomic E-state index is 5.93. The molecule has 1 aromatic heterocycles. The molecule has 2 aromatic rings. The van der Waals surface area contributed by atoms with E-state index in [-0.39, 0.29) is 0 Å². The summed E-state index contributed by atoms with van der Waals surface area (Å²) >= 11 is 5.93. The molecular formula is C17H20ClN3. The first kappa shape index (κ1) is 14.5. The van der Waals surface area contributed by atoms with Crippen molar-refractivity contribution in [3.8, 4) is 11.4 Å². The minimum absolute atomic E-state index is 0.731. The number of nitrogens with zero attached hydrogens (tertiary/aromatic N) is 2. The zero-order chi connectivity index (χ0) is 14.8. The molecule has 1 heterocycles. The maximum Gasteiger partial charge on any atom is 0.159 e. The fraction of sp³-hybridized carbons (Fsp3) is 0.412. The smallest absolute Gasteiger partial charge is 0.159 e. The number of halogens is 1. The summed E-state index contributed by atoms with van der Waals surface area (Å²) in [4.78, 5) is 9.33. The van der Waals surface area contributed by atoms with Gasteiger partial charge in [-0.25, -0.2) is 9.97 Å². The summed E-state index contributed by atoms with van der Waals surface area (Å²) in [6.45, 7) is 5.15. The molecule has 0 aliphatic heterocycles. The maximum absolute atomic E-state index is 5.93. The third kappa shape index (κ3) is 3.60. The van der Waals surface area contributed by atoms with Crippen LogP contribution in [0.3, 0.4) is 0 Å². The number of benzene rings is 1. The third-order valence-corrected chi connectivity index (χ3v) is 4.16. The van der Waals surface area contributed by atoms with Crippen LogP contribution in [0.25, 0.3) is 11.4 Å². The molecule has 4 heteroatoms. The Hall–Kier alpha value is -1.45. The fourth-order valence-corrected chi connectivity index (χ4v) is 2.64. The van der Waals surface area contributed by atoms with Gasteiger partial charge in [0.1, 0.15) is 0 Å². The highest BCUT2D eigenvalue weighted by Crippen LogP contribution is 2.22. The predicted molar refractivity (Wildman–Crippen MR) is 86.7 cm³/mol. The van der Waals surface area contributed by atoms with E-state index in [1.165, 1.54) is 18.4 Å². The van der Waals surface area contributed by atoms with Crippen LogP contribution in [0.1, 0.15) is 29.8 Å². The second-order valence-corrected chi connectivity index (χ2v) is 6.12. The standard InChI is InChI=1S/C17H20ClN3/c1-11-16(9-10-19-15-7-8-15)12(2)21-17(20-11)13-3-5-14(18)6-4-13/h3-6,15,19H,7-10H2,1-2H3. The summed E-state index contributed by atoms with van der Waals surface area (Å²) in [7, 11) is 0. The Labute approximate surface area is 130 Å². The van der Waals surface area contributed by atoms with Crippen LogP contribution in [0.2, 0.25) is 5.02 Å². The van der Waals surface area contributed by atoms with Crippen molar-refractivity contribution in [1.82, 2.24) is 15.3 Å². The summed E-state index contributed by atoms with van der Waals surface area (Å²) in [5.41, 5.74) is 4.42.